The van der Waals surface area contributed by atoms with Gasteiger partial charge in [-0.1, -0.05) is 25.1 Å². The van der Waals surface area contributed by atoms with Crippen LogP contribution in [0.15, 0.2) is 36.5 Å². The van der Waals surface area contributed by atoms with Gasteiger partial charge in [0, 0.05) is 11.6 Å². The second-order valence-electron chi connectivity index (χ2n) is 6.16. The van der Waals surface area contributed by atoms with E-state index in [1.165, 1.54) is 10.9 Å². The molecule has 0 bridgehead atoms. The number of hydrogen-bond acceptors (Lipinski definition) is 2. The Morgan fingerprint density at radius 3 is 2.62 bits per heavy atom. The summed E-state index contributed by atoms with van der Waals surface area (Å²) in [6.07, 6.45) is 6.07. The molecule has 110 valence electrons. The van der Waals surface area contributed by atoms with Crippen molar-refractivity contribution in [2.75, 3.05) is 0 Å². The van der Waals surface area contributed by atoms with Crippen molar-refractivity contribution in [3.63, 3.8) is 0 Å². The number of hydrogen-bond donors (Lipinski definition) is 1. The molecule has 1 atom stereocenters. The molecule has 3 rings (SSSR count). The first kappa shape index (κ1) is 14.1. The molecule has 0 aliphatic heterocycles. The fourth-order valence-corrected chi connectivity index (χ4v) is 3.61. The van der Waals surface area contributed by atoms with Crippen LogP contribution < -0.4 is 0 Å². The first-order chi connectivity index (χ1) is 10.2. The molecule has 1 aliphatic rings. The minimum atomic E-state index is -0.659. The highest BCUT2D eigenvalue weighted by atomic mass is 16.4. The molecule has 1 saturated carbocycles. The molecule has 0 radical (unpaired) electrons. The molecule has 0 spiro atoms. The molecule has 1 aliphatic carbocycles. The van der Waals surface area contributed by atoms with Crippen molar-refractivity contribution in [1.29, 1.82) is 0 Å². The quantitative estimate of drug-likeness (QED) is 0.917. The molecule has 3 nitrogen and oxygen atoms in total. The van der Waals surface area contributed by atoms with Gasteiger partial charge in [-0.25, -0.2) is 0 Å². The van der Waals surface area contributed by atoms with Gasteiger partial charge in [-0.05, 0) is 55.2 Å². The predicted octanol–water partition coefficient (Wildman–Crippen LogP) is 4.23. The van der Waals surface area contributed by atoms with Gasteiger partial charge in [0.2, 0.25) is 0 Å². The summed E-state index contributed by atoms with van der Waals surface area (Å²) in [5.74, 6) is -0.0186. The molecule has 0 saturated heterocycles. The molecule has 1 unspecified atom stereocenters. The Bertz CT molecular complexity index is 639. The fraction of sp³-hybridized carbons (Fsp3) is 0.444. The van der Waals surface area contributed by atoms with E-state index in [9.17, 15) is 4.79 Å². The van der Waals surface area contributed by atoms with Crippen LogP contribution in [0.2, 0.25) is 0 Å². The van der Waals surface area contributed by atoms with Crippen molar-refractivity contribution >= 4 is 16.9 Å². The van der Waals surface area contributed by atoms with Gasteiger partial charge in [0.25, 0.3) is 0 Å². The number of para-hydroxylation sites is 1. The van der Waals surface area contributed by atoms with Gasteiger partial charge in [0.05, 0.1) is 11.4 Å². The largest absolute Gasteiger partial charge is 0.481 e. The lowest BCUT2D eigenvalue weighted by molar-refractivity contribution is -0.143. The fourth-order valence-electron chi connectivity index (χ4n) is 3.61. The third-order valence-electron chi connectivity index (χ3n) is 4.99. The summed E-state index contributed by atoms with van der Waals surface area (Å²) in [5.41, 5.74) is 2.43. The summed E-state index contributed by atoms with van der Waals surface area (Å²) in [6.45, 7) is 1.84. The summed E-state index contributed by atoms with van der Waals surface area (Å²) >= 11 is 0. The molecule has 21 heavy (non-hydrogen) atoms. The maximum absolute atomic E-state index is 11.1. The van der Waals surface area contributed by atoms with Gasteiger partial charge >= 0.3 is 5.97 Å². The van der Waals surface area contributed by atoms with Crippen molar-refractivity contribution in [1.82, 2.24) is 4.98 Å². The van der Waals surface area contributed by atoms with Gasteiger partial charge in [0.15, 0.2) is 0 Å². The Kier molecular flexibility index (Phi) is 3.91. The minimum Gasteiger partial charge on any atom is -0.481 e. The van der Waals surface area contributed by atoms with E-state index in [0.29, 0.717) is 11.8 Å². The number of carboxylic acids is 1. The zero-order valence-electron chi connectivity index (χ0n) is 12.3. The van der Waals surface area contributed by atoms with E-state index < -0.39 is 5.97 Å². The van der Waals surface area contributed by atoms with Crippen molar-refractivity contribution in [2.24, 2.45) is 11.8 Å². The lowest BCUT2D eigenvalue weighted by Gasteiger charge is -2.31. The number of fused-ring (bicyclic) bond motifs is 1. The lowest BCUT2D eigenvalue weighted by Crippen LogP contribution is -2.24. The summed E-state index contributed by atoms with van der Waals surface area (Å²) in [5, 5.41) is 10.4. The Hall–Kier alpha value is -1.90. The van der Waals surface area contributed by atoms with Crippen molar-refractivity contribution < 1.29 is 9.90 Å². The maximum atomic E-state index is 11.1. The number of aromatic nitrogens is 1. The van der Waals surface area contributed by atoms with Crippen LogP contribution in [0.5, 0.6) is 0 Å². The Morgan fingerprint density at radius 2 is 1.90 bits per heavy atom. The molecule has 1 fully saturated rings. The standard InChI is InChI=1S/C18H21NO2/c1-12(18(20)21)13-6-8-14(9-7-13)15-10-11-19-17-5-3-2-4-16(15)17/h2-5,10-14H,6-9H2,1H3,(H,20,21). The highest BCUT2D eigenvalue weighted by molar-refractivity contribution is 5.82. The third kappa shape index (κ3) is 2.78. The van der Waals surface area contributed by atoms with Crippen LogP contribution in [-0.4, -0.2) is 16.1 Å². The summed E-state index contributed by atoms with van der Waals surface area (Å²) in [6, 6.07) is 10.4. The van der Waals surface area contributed by atoms with E-state index in [2.05, 4.69) is 29.2 Å². The number of carboxylic acid groups (broad SMARTS) is 1. The predicted molar refractivity (Wildman–Crippen MR) is 83.2 cm³/mol. The molecule has 3 heteroatoms. The van der Waals surface area contributed by atoms with Crippen LogP contribution in [0.1, 0.15) is 44.1 Å². The minimum absolute atomic E-state index is 0.222. The van der Waals surface area contributed by atoms with Crippen LogP contribution in [0.25, 0.3) is 10.9 Å². The van der Waals surface area contributed by atoms with Crippen molar-refractivity contribution in [3.8, 4) is 0 Å². The number of pyridine rings is 1. The first-order valence-corrected chi connectivity index (χ1v) is 7.73. The highest BCUT2D eigenvalue weighted by Gasteiger charge is 2.29. The molecule has 1 aromatic carbocycles. The Morgan fingerprint density at radius 1 is 1.19 bits per heavy atom. The highest BCUT2D eigenvalue weighted by Crippen LogP contribution is 2.40. The Labute approximate surface area is 125 Å². The van der Waals surface area contributed by atoms with Gasteiger partial charge in [-0.3, -0.25) is 9.78 Å². The van der Waals surface area contributed by atoms with Crippen LogP contribution in [0.3, 0.4) is 0 Å². The number of aliphatic carboxylic acids is 1. The summed E-state index contributed by atoms with van der Waals surface area (Å²) in [4.78, 5) is 15.5. The van der Waals surface area contributed by atoms with E-state index in [-0.39, 0.29) is 5.92 Å². The molecule has 1 heterocycles. The van der Waals surface area contributed by atoms with E-state index in [0.717, 1.165) is 31.2 Å². The molecule has 0 amide bonds. The van der Waals surface area contributed by atoms with Crippen LogP contribution in [0, 0.1) is 11.8 Å². The van der Waals surface area contributed by atoms with Gasteiger partial charge in [-0.2, -0.15) is 0 Å². The van der Waals surface area contributed by atoms with Gasteiger partial charge in [0.1, 0.15) is 0 Å². The smallest absolute Gasteiger partial charge is 0.306 e. The van der Waals surface area contributed by atoms with E-state index in [4.69, 9.17) is 5.11 Å². The third-order valence-corrected chi connectivity index (χ3v) is 4.99. The van der Waals surface area contributed by atoms with Crippen LogP contribution >= 0.6 is 0 Å². The monoisotopic (exact) mass is 283 g/mol. The number of benzene rings is 1. The first-order valence-electron chi connectivity index (χ1n) is 7.73. The Balaban J connectivity index is 1.79. The maximum Gasteiger partial charge on any atom is 0.306 e. The summed E-state index contributed by atoms with van der Waals surface area (Å²) in [7, 11) is 0. The topological polar surface area (TPSA) is 50.2 Å². The average molecular weight is 283 g/mol. The van der Waals surface area contributed by atoms with Gasteiger partial charge < -0.3 is 5.11 Å². The SMILES string of the molecule is CC(C(=O)O)C1CCC(c2ccnc3ccccc23)CC1. The van der Waals surface area contributed by atoms with Crippen molar-refractivity contribution in [2.45, 2.75) is 38.5 Å². The molecular weight excluding hydrogens is 262 g/mol. The zero-order chi connectivity index (χ0) is 14.8. The molecule has 1 aromatic heterocycles. The van der Waals surface area contributed by atoms with Gasteiger partial charge in [-0.15, -0.1) is 0 Å². The van der Waals surface area contributed by atoms with Crippen LogP contribution in [0.4, 0.5) is 0 Å². The molecule has 1 N–H and O–H groups in total. The molecule has 2 aromatic rings. The lowest BCUT2D eigenvalue weighted by atomic mass is 9.74. The number of rotatable bonds is 3. The second kappa shape index (κ2) is 5.84. The molecular formula is C18H21NO2. The van der Waals surface area contributed by atoms with E-state index in [1.54, 1.807) is 0 Å². The van der Waals surface area contributed by atoms with Crippen LogP contribution in [-0.2, 0) is 4.79 Å². The second-order valence-corrected chi connectivity index (χ2v) is 6.16. The number of nitrogens with zero attached hydrogens (tertiary/aromatic N) is 1. The average Bonchev–Trinajstić information content (AvgIpc) is 2.53. The van der Waals surface area contributed by atoms with Crippen molar-refractivity contribution in [3.05, 3.63) is 42.1 Å². The van der Waals surface area contributed by atoms with E-state index >= 15 is 0 Å². The normalized spacial score (nSPS) is 23.9. The number of carbonyl (C=O) groups is 1. The van der Waals surface area contributed by atoms with E-state index in [1.807, 2.05) is 19.2 Å². The summed E-state index contributed by atoms with van der Waals surface area (Å²) < 4.78 is 0. The zero-order valence-corrected chi connectivity index (χ0v) is 12.3.